The Kier molecular flexibility index (Phi) is 6.50. The largest absolute Gasteiger partial charge is 0.288 e. The van der Waals surface area contributed by atoms with Gasteiger partial charge >= 0.3 is 0 Å². The molecule has 1 aliphatic rings. The molecule has 0 spiro atoms. The average molecular weight is 369 g/mol. The van der Waals surface area contributed by atoms with E-state index in [0.29, 0.717) is 9.90 Å². The third-order valence-electron chi connectivity index (χ3n) is 4.50. The summed E-state index contributed by atoms with van der Waals surface area (Å²) in [4.78, 5) is 14.0. The van der Waals surface area contributed by atoms with Crippen molar-refractivity contribution < 1.29 is 4.79 Å². The molecule has 0 bridgehead atoms. The number of rotatable bonds is 4. The summed E-state index contributed by atoms with van der Waals surface area (Å²) in [5.74, 6) is 7.28. The van der Waals surface area contributed by atoms with Crippen LogP contribution in [0, 0.1) is 17.8 Å². The lowest BCUT2D eigenvalue weighted by Gasteiger charge is -2.18. The predicted molar refractivity (Wildman–Crippen MR) is 107 cm³/mol. The van der Waals surface area contributed by atoms with Crippen LogP contribution in [-0.2, 0) is 0 Å². The molecule has 0 N–H and O–H groups in total. The number of ketones is 1. The van der Waals surface area contributed by atoms with Crippen molar-refractivity contribution in [2.75, 3.05) is 0 Å². The van der Waals surface area contributed by atoms with Crippen molar-refractivity contribution >= 4 is 34.8 Å². The number of allylic oxidation sites excluding steroid dienone is 1. The molecule has 0 aliphatic heterocycles. The summed E-state index contributed by atoms with van der Waals surface area (Å²) < 4.78 is 0. The van der Waals surface area contributed by atoms with Crippen molar-refractivity contribution in [3.05, 3.63) is 62.8 Å². The van der Waals surface area contributed by atoms with Crippen LogP contribution in [0.4, 0.5) is 0 Å². The molecule has 0 amide bonds. The number of carbonyl (C=O) groups is 1. The van der Waals surface area contributed by atoms with Gasteiger partial charge in [-0.2, -0.15) is 0 Å². The molecule has 3 rings (SSSR count). The molecule has 0 unspecified atom stereocenters. The molecule has 1 aliphatic carbocycles. The molecule has 2 aromatic rings. The van der Waals surface area contributed by atoms with Gasteiger partial charge in [-0.3, -0.25) is 4.79 Å². The van der Waals surface area contributed by atoms with Crippen molar-refractivity contribution in [1.29, 1.82) is 0 Å². The van der Waals surface area contributed by atoms with Gasteiger partial charge in [-0.25, -0.2) is 0 Å². The van der Waals surface area contributed by atoms with Crippen LogP contribution in [0.15, 0.2) is 42.5 Å². The Morgan fingerprint density at radius 3 is 2.76 bits per heavy atom. The fourth-order valence-corrected chi connectivity index (χ4v) is 4.07. The highest BCUT2D eigenvalue weighted by molar-refractivity contribution is 7.14. The highest BCUT2D eigenvalue weighted by Gasteiger charge is 2.11. The van der Waals surface area contributed by atoms with Gasteiger partial charge in [0.15, 0.2) is 5.78 Å². The third-order valence-corrected chi connectivity index (χ3v) is 5.85. The zero-order valence-electron chi connectivity index (χ0n) is 14.1. The van der Waals surface area contributed by atoms with Crippen molar-refractivity contribution in [1.82, 2.24) is 0 Å². The second kappa shape index (κ2) is 9.04. The Labute approximate surface area is 158 Å². The summed E-state index contributed by atoms with van der Waals surface area (Å²) in [6, 6.07) is 11.3. The van der Waals surface area contributed by atoms with Crippen LogP contribution in [0.25, 0.3) is 6.08 Å². The van der Waals surface area contributed by atoms with Crippen LogP contribution in [0.5, 0.6) is 0 Å². The first kappa shape index (κ1) is 18.0. The molecule has 1 heterocycles. The number of hydrogen-bond donors (Lipinski definition) is 0. The van der Waals surface area contributed by atoms with E-state index < -0.39 is 0 Å². The quantitative estimate of drug-likeness (QED) is 0.336. The van der Waals surface area contributed by atoms with Crippen molar-refractivity contribution in [2.45, 2.75) is 38.5 Å². The van der Waals surface area contributed by atoms with E-state index >= 15 is 0 Å². The summed E-state index contributed by atoms with van der Waals surface area (Å²) in [5.41, 5.74) is 0.849. The van der Waals surface area contributed by atoms with E-state index in [1.807, 2.05) is 36.4 Å². The van der Waals surface area contributed by atoms with Gasteiger partial charge in [0.1, 0.15) is 0 Å². The molecule has 1 saturated carbocycles. The highest BCUT2D eigenvalue weighted by atomic mass is 35.5. The van der Waals surface area contributed by atoms with Gasteiger partial charge in [-0.15, -0.1) is 11.3 Å². The Balaban J connectivity index is 1.59. The van der Waals surface area contributed by atoms with Gasteiger partial charge < -0.3 is 0 Å². The lowest BCUT2D eigenvalue weighted by molar-refractivity contribution is 0.105. The highest BCUT2D eigenvalue weighted by Crippen LogP contribution is 2.26. The fraction of sp³-hybridized carbons (Fsp3) is 0.318. The molecule has 25 heavy (non-hydrogen) atoms. The van der Waals surface area contributed by atoms with Gasteiger partial charge in [0.2, 0.25) is 0 Å². The van der Waals surface area contributed by atoms with E-state index in [0.717, 1.165) is 22.8 Å². The molecular weight excluding hydrogens is 348 g/mol. The average Bonchev–Trinajstić information content (AvgIpc) is 3.11. The summed E-state index contributed by atoms with van der Waals surface area (Å²) in [7, 11) is 0. The molecule has 3 heteroatoms. The second-order valence-corrected chi connectivity index (χ2v) is 7.88. The number of thiophene rings is 1. The summed E-state index contributed by atoms with van der Waals surface area (Å²) in [5, 5.41) is 0.645. The summed E-state index contributed by atoms with van der Waals surface area (Å²) in [6.07, 6.45) is 11.0. The lowest BCUT2D eigenvalue weighted by atomic mass is 9.87. The van der Waals surface area contributed by atoms with E-state index in [2.05, 4.69) is 11.8 Å². The third kappa shape index (κ3) is 5.33. The Morgan fingerprint density at radius 2 is 1.96 bits per heavy atom. The van der Waals surface area contributed by atoms with Gasteiger partial charge in [-0.1, -0.05) is 60.9 Å². The standard InChI is InChI=1S/C22H21ClOS/c23-20-12-5-4-10-18(20)13-15-21(24)22-16-14-19(25-22)11-6-9-17-7-2-1-3-8-17/h4-5,10,12-17H,1-3,7-9H2/b15-13+. The van der Waals surface area contributed by atoms with E-state index in [1.54, 1.807) is 12.2 Å². The minimum absolute atomic E-state index is 0.00903. The Bertz CT molecular complexity index is 816. The molecule has 1 aromatic carbocycles. The van der Waals surface area contributed by atoms with E-state index in [9.17, 15) is 4.79 Å². The Hall–Kier alpha value is -1.82. The normalized spacial score (nSPS) is 15.1. The van der Waals surface area contributed by atoms with Crippen LogP contribution >= 0.6 is 22.9 Å². The van der Waals surface area contributed by atoms with Crippen LogP contribution in [0.3, 0.4) is 0 Å². The maximum atomic E-state index is 12.3. The van der Waals surface area contributed by atoms with E-state index in [1.165, 1.54) is 43.4 Å². The smallest absolute Gasteiger partial charge is 0.195 e. The molecule has 1 aromatic heterocycles. The SMILES string of the molecule is O=C(/C=C/c1ccccc1Cl)c1ccc(C#CCC2CCCCC2)s1. The van der Waals surface area contributed by atoms with E-state index in [-0.39, 0.29) is 5.78 Å². The first-order chi connectivity index (χ1) is 12.2. The molecule has 0 atom stereocenters. The summed E-state index contributed by atoms with van der Waals surface area (Å²) >= 11 is 7.56. The van der Waals surface area contributed by atoms with Gasteiger partial charge in [0, 0.05) is 11.4 Å². The molecule has 0 saturated heterocycles. The van der Waals surface area contributed by atoms with Crippen LogP contribution in [0.1, 0.15) is 58.6 Å². The molecule has 1 nitrogen and oxygen atoms in total. The van der Waals surface area contributed by atoms with Crippen molar-refractivity contribution in [3.63, 3.8) is 0 Å². The molecule has 128 valence electrons. The van der Waals surface area contributed by atoms with Crippen molar-refractivity contribution in [3.8, 4) is 11.8 Å². The monoisotopic (exact) mass is 368 g/mol. The molecule has 1 fully saturated rings. The number of benzene rings is 1. The maximum absolute atomic E-state index is 12.3. The molecule has 0 radical (unpaired) electrons. The maximum Gasteiger partial charge on any atom is 0.195 e. The van der Waals surface area contributed by atoms with Crippen LogP contribution in [-0.4, -0.2) is 5.78 Å². The van der Waals surface area contributed by atoms with Crippen LogP contribution in [0.2, 0.25) is 5.02 Å². The first-order valence-corrected chi connectivity index (χ1v) is 9.97. The Morgan fingerprint density at radius 1 is 1.16 bits per heavy atom. The lowest BCUT2D eigenvalue weighted by Crippen LogP contribution is -2.04. The number of hydrogen-bond acceptors (Lipinski definition) is 2. The first-order valence-electron chi connectivity index (χ1n) is 8.78. The number of carbonyl (C=O) groups excluding carboxylic acids is 1. The second-order valence-electron chi connectivity index (χ2n) is 6.39. The predicted octanol–water partition coefficient (Wildman–Crippen LogP) is 6.62. The minimum atomic E-state index is -0.00903. The van der Waals surface area contributed by atoms with Gasteiger partial charge in [0.05, 0.1) is 9.75 Å². The number of halogens is 1. The minimum Gasteiger partial charge on any atom is -0.288 e. The topological polar surface area (TPSA) is 17.1 Å². The zero-order chi connectivity index (χ0) is 17.5. The fourth-order valence-electron chi connectivity index (χ4n) is 3.07. The van der Waals surface area contributed by atoms with Crippen LogP contribution < -0.4 is 0 Å². The zero-order valence-corrected chi connectivity index (χ0v) is 15.7. The van der Waals surface area contributed by atoms with Gasteiger partial charge in [-0.05, 0) is 54.7 Å². The van der Waals surface area contributed by atoms with Gasteiger partial charge in [0.25, 0.3) is 0 Å². The summed E-state index contributed by atoms with van der Waals surface area (Å²) in [6.45, 7) is 0. The molecular formula is C22H21ClOS. The van der Waals surface area contributed by atoms with Crippen molar-refractivity contribution in [2.24, 2.45) is 5.92 Å². The van der Waals surface area contributed by atoms with E-state index in [4.69, 9.17) is 11.6 Å².